The molecule has 2 heterocycles. The first-order valence-electron chi connectivity index (χ1n) is 7.28. The van der Waals surface area contributed by atoms with Crippen molar-refractivity contribution in [2.45, 2.75) is 20.8 Å². The molecule has 6 nitrogen and oxygen atoms in total. The molecule has 2 aromatic heterocycles. The molecule has 1 aromatic carbocycles. The molecule has 0 saturated carbocycles. The number of anilines is 1. The van der Waals surface area contributed by atoms with Crippen molar-refractivity contribution in [2.75, 3.05) is 12.4 Å². The summed E-state index contributed by atoms with van der Waals surface area (Å²) in [5, 5.41) is 8.20. The van der Waals surface area contributed by atoms with Gasteiger partial charge in [0.1, 0.15) is 5.82 Å². The second-order valence-electron chi connectivity index (χ2n) is 5.47. The van der Waals surface area contributed by atoms with Crippen molar-refractivity contribution in [3.8, 4) is 5.82 Å². The van der Waals surface area contributed by atoms with E-state index in [4.69, 9.17) is 4.98 Å². The molecule has 0 atom stereocenters. The molecule has 0 aliphatic heterocycles. The van der Waals surface area contributed by atoms with Crippen LogP contribution in [0.2, 0.25) is 0 Å². The smallest absolute Gasteiger partial charge is 0.412 e. The molecule has 0 spiro atoms. The van der Waals surface area contributed by atoms with Crippen LogP contribution < -0.4 is 5.32 Å². The number of pyridine rings is 1. The summed E-state index contributed by atoms with van der Waals surface area (Å²) in [4.78, 5) is 16.2. The summed E-state index contributed by atoms with van der Waals surface area (Å²) in [6, 6.07) is 9.83. The molecular formula is C17H18N4O2. The van der Waals surface area contributed by atoms with Crippen molar-refractivity contribution in [1.29, 1.82) is 0 Å². The van der Waals surface area contributed by atoms with Gasteiger partial charge in [0.05, 0.1) is 18.3 Å². The molecule has 1 N–H and O–H groups in total. The molecule has 0 unspecified atom stereocenters. The van der Waals surface area contributed by atoms with Gasteiger partial charge >= 0.3 is 6.09 Å². The fourth-order valence-electron chi connectivity index (χ4n) is 2.57. The second kappa shape index (κ2) is 5.72. The maximum atomic E-state index is 11.5. The average Bonchev–Trinajstić information content (AvgIpc) is 2.88. The summed E-state index contributed by atoms with van der Waals surface area (Å²) in [5.74, 6) is 1.18. The molecule has 3 rings (SSSR count). The van der Waals surface area contributed by atoms with Gasteiger partial charge in [0.2, 0.25) is 0 Å². The Kier molecular flexibility index (Phi) is 3.73. The SMILES string of the molecule is COC(=O)Nc1cc(C)nn1-c1cc(C)c2cccc(C)c2n1. The fourth-order valence-corrected chi connectivity index (χ4v) is 2.57. The molecule has 0 aliphatic carbocycles. The Morgan fingerprint density at radius 2 is 1.96 bits per heavy atom. The van der Waals surface area contributed by atoms with E-state index < -0.39 is 6.09 Å². The van der Waals surface area contributed by atoms with E-state index in [9.17, 15) is 4.79 Å². The number of fused-ring (bicyclic) bond motifs is 1. The number of benzene rings is 1. The first-order chi connectivity index (χ1) is 11.0. The molecule has 0 bridgehead atoms. The van der Waals surface area contributed by atoms with Crippen LogP contribution in [0.5, 0.6) is 0 Å². The van der Waals surface area contributed by atoms with Gasteiger partial charge in [0.25, 0.3) is 0 Å². The fraction of sp³-hybridized carbons (Fsp3) is 0.235. The minimum Gasteiger partial charge on any atom is -0.453 e. The van der Waals surface area contributed by atoms with Gasteiger partial charge in [0.15, 0.2) is 5.82 Å². The third-order valence-corrected chi connectivity index (χ3v) is 3.70. The van der Waals surface area contributed by atoms with Crippen molar-refractivity contribution in [3.63, 3.8) is 0 Å². The highest BCUT2D eigenvalue weighted by molar-refractivity contribution is 5.86. The van der Waals surface area contributed by atoms with Crippen molar-refractivity contribution < 1.29 is 9.53 Å². The highest BCUT2D eigenvalue weighted by atomic mass is 16.5. The third kappa shape index (κ3) is 2.75. The number of carbonyl (C=O) groups is 1. The molecule has 118 valence electrons. The number of nitrogens with zero attached hydrogens (tertiary/aromatic N) is 3. The summed E-state index contributed by atoms with van der Waals surface area (Å²) in [7, 11) is 1.32. The molecule has 0 aliphatic rings. The van der Waals surface area contributed by atoms with E-state index in [1.54, 1.807) is 10.7 Å². The lowest BCUT2D eigenvalue weighted by Crippen LogP contribution is -2.15. The number of hydrogen-bond donors (Lipinski definition) is 1. The van der Waals surface area contributed by atoms with Crippen LogP contribution in [0, 0.1) is 20.8 Å². The summed E-state index contributed by atoms with van der Waals surface area (Å²) in [5.41, 5.74) is 3.91. The average molecular weight is 310 g/mol. The van der Waals surface area contributed by atoms with E-state index in [-0.39, 0.29) is 0 Å². The number of methoxy groups -OCH3 is 1. The minimum absolute atomic E-state index is 0.522. The Morgan fingerprint density at radius 1 is 1.17 bits per heavy atom. The van der Waals surface area contributed by atoms with Crippen LogP contribution in [-0.4, -0.2) is 28.0 Å². The molecule has 23 heavy (non-hydrogen) atoms. The maximum Gasteiger partial charge on any atom is 0.412 e. The predicted octanol–water partition coefficient (Wildman–Crippen LogP) is 3.52. The number of amides is 1. The molecule has 0 fully saturated rings. The van der Waals surface area contributed by atoms with E-state index in [2.05, 4.69) is 21.2 Å². The predicted molar refractivity (Wildman–Crippen MR) is 89.1 cm³/mol. The van der Waals surface area contributed by atoms with Crippen molar-refractivity contribution in [1.82, 2.24) is 14.8 Å². The number of aryl methyl sites for hydroxylation is 3. The molecule has 0 radical (unpaired) electrons. The minimum atomic E-state index is -0.542. The zero-order valence-corrected chi connectivity index (χ0v) is 13.5. The van der Waals surface area contributed by atoms with Gasteiger partial charge in [-0.05, 0) is 38.0 Å². The Bertz CT molecular complexity index is 899. The molecule has 0 saturated heterocycles. The number of ether oxygens (including phenoxy) is 1. The van der Waals surface area contributed by atoms with E-state index in [1.165, 1.54) is 7.11 Å². The number of rotatable bonds is 2. The Hall–Kier alpha value is -2.89. The lowest BCUT2D eigenvalue weighted by molar-refractivity contribution is 0.186. The van der Waals surface area contributed by atoms with Crippen LogP contribution in [0.15, 0.2) is 30.3 Å². The lowest BCUT2D eigenvalue weighted by Gasteiger charge is -2.11. The van der Waals surface area contributed by atoms with Gasteiger partial charge in [-0.2, -0.15) is 9.78 Å². The summed E-state index contributed by atoms with van der Waals surface area (Å²) < 4.78 is 6.27. The first-order valence-corrected chi connectivity index (χ1v) is 7.28. The zero-order valence-electron chi connectivity index (χ0n) is 13.5. The lowest BCUT2D eigenvalue weighted by atomic mass is 10.1. The number of nitrogens with one attached hydrogen (secondary N) is 1. The topological polar surface area (TPSA) is 69.0 Å². The molecule has 6 heteroatoms. The molecular weight excluding hydrogens is 292 g/mol. The molecule has 3 aromatic rings. The van der Waals surface area contributed by atoms with Gasteiger partial charge in [-0.25, -0.2) is 9.78 Å². The third-order valence-electron chi connectivity index (χ3n) is 3.70. The van der Waals surface area contributed by atoms with Crippen LogP contribution in [0.3, 0.4) is 0 Å². The van der Waals surface area contributed by atoms with E-state index in [0.29, 0.717) is 11.6 Å². The number of aromatic nitrogens is 3. The zero-order chi connectivity index (χ0) is 16.6. The van der Waals surface area contributed by atoms with Gasteiger partial charge in [-0.1, -0.05) is 18.2 Å². The van der Waals surface area contributed by atoms with Crippen LogP contribution in [0.25, 0.3) is 16.7 Å². The van der Waals surface area contributed by atoms with E-state index in [0.717, 1.165) is 27.7 Å². The Morgan fingerprint density at radius 3 is 2.70 bits per heavy atom. The van der Waals surface area contributed by atoms with Gasteiger partial charge < -0.3 is 4.74 Å². The highest BCUT2D eigenvalue weighted by Gasteiger charge is 2.14. The quantitative estimate of drug-likeness (QED) is 0.786. The van der Waals surface area contributed by atoms with Crippen LogP contribution in [0.4, 0.5) is 10.6 Å². The number of hydrogen-bond acceptors (Lipinski definition) is 4. The van der Waals surface area contributed by atoms with Crippen molar-refractivity contribution in [2.24, 2.45) is 0 Å². The van der Waals surface area contributed by atoms with E-state index in [1.807, 2.05) is 39.0 Å². The second-order valence-corrected chi connectivity index (χ2v) is 5.47. The standard InChI is InChI=1S/C17H18N4O2/c1-10-6-5-7-13-11(2)8-14(18-16(10)13)21-15(9-12(3)20-21)19-17(22)23-4/h5-9H,1-4H3,(H,19,22). The van der Waals surface area contributed by atoms with Crippen molar-refractivity contribution in [3.05, 3.63) is 47.2 Å². The first kappa shape index (κ1) is 15.0. The van der Waals surface area contributed by atoms with Crippen LogP contribution in [0.1, 0.15) is 16.8 Å². The van der Waals surface area contributed by atoms with Crippen LogP contribution >= 0.6 is 0 Å². The highest BCUT2D eigenvalue weighted by Crippen LogP contribution is 2.24. The maximum absolute atomic E-state index is 11.5. The normalized spacial score (nSPS) is 10.8. The molecule has 1 amide bonds. The van der Waals surface area contributed by atoms with Crippen LogP contribution in [-0.2, 0) is 4.74 Å². The monoisotopic (exact) mass is 310 g/mol. The summed E-state index contributed by atoms with van der Waals surface area (Å²) in [6.07, 6.45) is -0.542. The largest absolute Gasteiger partial charge is 0.453 e. The number of carbonyl (C=O) groups excluding carboxylic acids is 1. The van der Waals surface area contributed by atoms with Gasteiger partial charge in [0, 0.05) is 11.5 Å². The number of para-hydroxylation sites is 1. The van der Waals surface area contributed by atoms with Gasteiger partial charge in [-0.3, -0.25) is 5.32 Å². The van der Waals surface area contributed by atoms with E-state index >= 15 is 0 Å². The Balaban J connectivity index is 2.17. The van der Waals surface area contributed by atoms with Crippen molar-refractivity contribution >= 4 is 22.8 Å². The Labute approximate surface area is 134 Å². The van der Waals surface area contributed by atoms with Gasteiger partial charge in [-0.15, -0.1) is 0 Å². The summed E-state index contributed by atoms with van der Waals surface area (Å²) >= 11 is 0. The summed E-state index contributed by atoms with van der Waals surface area (Å²) in [6.45, 7) is 5.93.